The normalized spacial score (nSPS) is 14.1. The van der Waals surface area contributed by atoms with E-state index in [-0.39, 0.29) is 158 Å². The van der Waals surface area contributed by atoms with Gasteiger partial charge in [0, 0.05) is 112 Å². The summed E-state index contributed by atoms with van der Waals surface area (Å²) in [5.41, 5.74) is 9.53. The van der Waals surface area contributed by atoms with Crippen molar-refractivity contribution >= 4 is 105 Å². The zero-order valence-corrected chi connectivity index (χ0v) is 53.9. The van der Waals surface area contributed by atoms with E-state index in [1.54, 1.807) is 78.0 Å². The highest BCUT2D eigenvalue weighted by Crippen LogP contribution is 2.47. The third-order valence-electron chi connectivity index (χ3n) is 15.9. The first-order chi connectivity index (χ1) is 45.6. The molecule has 0 unspecified atom stereocenters. The van der Waals surface area contributed by atoms with Crippen molar-refractivity contribution in [2.75, 3.05) is 107 Å². The number of rotatable bonds is 32. The van der Waals surface area contributed by atoms with E-state index in [4.69, 9.17) is 41.0 Å². The highest BCUT2D eigenvalue weighted by molar-refractivity contribution is 6.19. The summed E-state index contributed by atoms with van der Waals surface area (Å²) in [6.45, 7) is 5.09. The van der Waals surface area contributed by atoms with Gasteiger partial charge in [-0.15, -0.1) is 11.6 Å². The fourth-order valence-corrected chi connectivity index (χ4v) is 11.2. The molecule has 1 saturated heterocycles. The van der Waals surface area contributed by atoms with Gasteiger partial charge in [0.1, 0.15) is 36.1 Å². The van der Waals surface area contributed by atoms with E-state index in [2.05, 4.69) is 26.3 Å². The number of urea groups is 1. The molecule has 95 heavy (non-hydrogen) atoms. The lowest BCUT2D eigenvalue weighted by Crippen LogP contribution is -2.46. The van der Waals surface area contributed by atoms with E-state index in [1.165, 1.54) is 41.1 Å². The number of likely N-dealkylation sites (N-methyl/N-ethyl adjacent to an activating group) is 1. The van der Waals surface area contributed by atoms with Gasteiger partial charge < -0.3 is 80.0 Å². The number of aliphatic hydroxyl groups excluding tert-OH is 1. The molecule has 8 rings (SSSR count). The second-order valence-electron chi connectivity index (χ2n) is 23.1. The number of Topliss-reactive ketones (excluding diaryl/α,β-unsaturated/α-hetero) is 1. The number of imide groups is 1. The third-order valence-corrected chi connectivity index (χ3v) is 16.3. The molecule has 8 N–H and O–H groups in total. The van der Waals surface area contributed by atoms with Gasteiger partial charge in [0.25, 0.3) is 11.8 Å². The Kier molecular flexibility index (Phi) is 25.2. The van der Waals surface area contributed by atoms with Crippen molar-refractivity contribution in [3.05, 3.63) is 125 Å². The second kappa shape index (κ2) is 33.8. The number of ether oxygens (including phenoxy) is 5. The molecule has 3 atom stereocenters. The van der Waals surface area contributed by atoms with Crippen LogP contribution in [-0.4, -0.2) is 192 Å². The maximum atomic E-state index is 14.6. The summed E-state index contributed by atoms with van der Waals surface area (Å²) in [5.74, 6) is -3.66. The zero-order chi connectivity index (χ0) is 68.3. The molecule has 10 amide bonds. The number of ketones is 1. The lowest BCUT2D eigenvalue weighted by molar-refractivity contribution is -0.139. The summed E-state index contributed by atoms with van der Waals surface area (Å²) < 4.78 is 29.6. The summed E-state index contributed by atoms with van der Waals surface area (Å²) in [7, 11) is 1.49. The number of anilines is 3. The minimum atomic E-state index is -1.03. The van der Waals surface area contributed by atoms with E-state index < -0.39 is 65.7 Å². The Morgan fingerprint density at radius 3 is 2.25 bits per heavy atom. The van der Waals surface area contributed by atoms with Crippen molar-refractivity contribution < 1.29 is 81.8 Å². The molecular formula is C66H78ClN11O17. The molecule has 2 aliphatic heterocycles. The number of aromatic hydroxyl groups is 1. The number of halogens is 1. The Morgan fingerprint density at radius 1 is 0.821 bits per heavy atom. The van der Waals surface area contributed by atoms with Crippen molar-refractivity contribution in [3.63, 3.8) is 0 Å². The molecule has 1 fully saturated rings. The highest BCUT2D eigenvalue weighted by atomic mass is 35.5. The second-order valence-corrected chi connectivity index (χ2v) is 23.4. The molecule has 2 aromatic heterocycles. The van der Waals surface area contributed by atoms with Crippen LogP contribution in [0.1, 0.15) is 89.4 Å². The van der Waals surface area contributed by atoms with Gasteiger partial charge in [-0.1, -0.05) is 44.2 Å². The van der Waals surface area contributed by atoms with Crippen LogP contribution in [0.2, 0.25) is 0 Å². The number of amides is 10. The first-order valence-corrected chi connectivity index (χ1v) is 31.5. The average Bonchev–Trinajstić information content (AvgIpc) is 1.45. The first-order valence-electron chi connectivity index (χ1n) is 31.0. The molecule has 0 saturated carbocycles. The van der Waals surface area contributed by atoms with E-state index in [1.807, 2.05) is 25.1 Å². The number of nitrogens with zero attached hydrogens (tertiary/aromatic N) is 6. The summed E-state index contributed by atoms with van der Waals surface area (Å²) >= 11 is 6.65. The van der Waals surface area contributed by atoms with Crippen LogP contribution >= 0.6 is 11.6 Å². The van der Waals surface area contributed by atoms with Gasteiger partial charge >= 0.3 is 24.3 Å². The number of aliphatic hydroxyl groups is 1. The number of benzene rings is 4. The van der Waals surface area contributed by atoms with E-state index in [0.717, 1.165) is 21.4 Å². The van der Waals surface area contributed by atoms with Crippen molar-refractivity contribution in [1.82, 2.24) is 34.7 Å². The molecule has 28 nitrogen and oxygen atoms in total. The zero-order valence-electron chi connectivity index (χ0n) is 53.1. The maximum Gasteiger partial charge on any atom is 0.415 e. The number of carbonyl (C=O) groups is 10. The number of pyridine rings is 1. The van der Waals surface area contributed by atoms with Crippen LogP contribution in [0.5, 0.6) is 11.5 Å². The predicted octanol–water partition coefficient (Wildman–Crippen LogP) is 6.69. The molecule has 6 aromatic rings. The number of carbonyl (C=O) groups excluding carboxylic acids is 10. The summed E-state index contributed by atoms with van der Waals surface area (Å²) in [6.07, 6.45) is 1.25. The van der Waals surface area contributed by atoms with Crippen molar-refractivity contribution in [2.45, 2.75) is 71.4 Å². The number of imidazole rings is 1. The van der Waals surface area contributed by atoms with Crippen molar-refractivity contribution in [2.24, 2.45) is 17.6 Å². The molecule has 4 aromatic carbocycles. The van der Waals surface area contributed by atoms with Gasteiger partial charge in [-0.2, -0.15) is 0 Å². The van der Waals surface area contributed by atoms with Gasteiger partial charge in [-0.05, 0) is 96.3 Å². The van der Waals surface area contributed by atoms with Crippen LogP contribution in [0, 0.1) is 18.8 Å². The Morgan fingerprint density at radius 2 is 1.55 bits per heavy atom. The molecular weight excluding hydrogens is 1250 g/mol. The fraction of sp³-hybridized carbons (Fsp3) is 0.409. The monoisotopic (exact) mass is 1330 g/mol. The van der Waals surface area contributed by atoms with Crippen LogP contribution in [0.3, 0.4) is 0 Å². The Balaban J connectivity index is 0.868. The number of fused-ring (bicyclic) bond motifs is 4. The minimum absolute atomic E-state index is 0.00375. The number of hydrogen-bond acceptors (Lipinski definition) is 18. The fourth-order valence-electron chi connectivity index (χ4n) is 10.9. The van der Waals surface area contributed by atoms with Crippen molar-refractivity contribution in [1.29, 1.82) is 0 Å². The SMILES string of the molecule is Cc1cccc2c(OC(=O)N(CCOCCO)CCN(C)C(=O)OCc3ccc(NC(=O)[C@H](CCCNC(N)=O)CC(=O)[C@@H](NC(=O)OCCOCCN4C(=O)CCC4=O)C(C)C)cc3)cc3c(c12)[C@H](CCl)CN3C(=O)c1cn2cc(NC(=O)c3ccc(O)cc3)ccc2n1. The van der Waals surface area contributed by atoms with Crippen molar-refractivity contribution in [3.8, 4) is 11.5 Å². The van der Waals surface area contributed by atoms with E-state index >= 15 is 0 Å². The molecule has 506 valence electrons. The number of hydrogen-bond donors (Lipinski definition) is 7. The van der Waals surface area contributed by atoms with E-state index in [0.29, 0.717) is 39.2 Å². The Bertz CT molecular complexity index is 3760. The Hall–Kier alpha value is -9.90. The third kappa shape index (κ3) is 19.1. The maximum absolute atomic E-state index is 14.6. The van der Waals surface area contributed by atoms with Gasteiger partial charge in [-0.25, -0.2) is 24.2 Å². The number of phenols is 1. The number of likely N-dealkylation sites (tertiary alicyclic amines) is 1. The number of nitrogens with two attached hydrogens (primary N) is 1. The van der Waals surface area contributed by atoms with Gasteiger partial charge in [0.05, 0.1) is 57.0 Å². The number of primary amides is 1. The van der Waals surface area contributed by atoms with Crippen LogP contribution < -0.4 is 36.6 Å². The topological polar surface area (TPSA) is 362 Å². The standard InChI is InChI=1S/C66H78ClN11O17/c1-40(2)59(73-64(88)93-32-31-92-29-26-77-55(82)20-21-56(77)83)52(81)33-44(8-6-22-69-63(68)87)61(85)70-46-14-10-42(11-15-46)39-94-65(89)74(4)23-24-75(25-28-91-30-27-79)66(90)95-53-34-51-58(57-41(3)7-5-9-49(53)57)45(35-67)36-78(51)62(86)50-38-76-37-47(16-19-54(76)72-50)71-60(84)43-12-17-48(80)18-13-43/h5,7,9-19,34,37-38,40,44-45,59,79-80H,6,8,20-33,35-36,39H2,1-4H3,(H,70,85)(H,71,84)(H,73,88)(H3,68,69,87)/t44-,45-,59+/m1/s1. The first kappa shape index (κ1) is 71.0. The van der Waals surface area contributed by atoms with Crippen LogP contribution in [0.15, 0.2) is 97.3 Å². The molecule has 0 aliphatic carbocycles. The Labute approximate surface area is 552 Å². The number of aromatic nitrogens is 2. The average molecular weight is 1330 g/mol. The molecule has 0 radical (unpaired) electrons. The van der Waals surface area contributed by atoms with Crippen LogP contribution in [-0.2, 0) is 44.7 Å². The lowest BCUT2D eigenvalue weighted by atomic mass is 9.89. The minimum Gasteiger partial charge on any atom is -0.508 e. The molecule has 0 bridgehead atoms. The number of aryl methyl sites for hydroxylation is 1. The predicted molar refractivity (Wildman–Crippen MR) is 348 cm³/mol. The number of alkyl carbamates (subject to hydrolysis) is 1. The molecule has 0 spiro atoms. The number of alkyl halides is 1. The molecule has 2 aliphatic rings. The van der Waals surface area contributed by atoms with Gasteiger partial charge in [-0.3, -0.25) is 33.7 Å². The smallest absolute Gasteiger partial charge is 0.415 e. The van der Waals surface area contributed by atoms with E-state index in [9.17, 15) is 58.2 Å². The summed E-state index contributed by atoms with van der Waals surface area (Å²) in [4.78, 5) is 141. The summed E-state index contributed by atoms with van der Waals surface area (Å²) in [6, 6.07) is 20.9. The number of phenolic OH excluding ortho intramolecular Hbond substituents is 1. The highest BCUT2D eigenvalue weighted by Gasteiger charge is 2.38. The molecule has 29 heteroatoms. The van der Waals surface area contributed by atoms with Gasteiger partial charge in [0.15, 0.2) is 5.78 Å². The largest absolute Gasteiger partial charge is 0.508 e. The summed E-state index contributed by atoms with van der Waals surface area (Å²) in [5, 5.41) is 31.1. The quantitative estimate of drug-likeness (QED) is 0.0131. The lowest BCUT2D eigenvalue weighted by Gasteiger charge is -2.26. The van der Waals surface area contributed by atoms with Gasteiger partial charge in [0.2, 0.25) is 17.7 Å². The van der Waals surface area contributed by atoms with Crippen LogP contribution in [0.4, 0.5) is 36.2 Å². The molecule has 4 heterocycles. The van der Waals surface area contributed by atoms with Crippen LogP contribution in [0.25, 0.3) is 16.4 Å². The number of nitrogens with one attached hydrogen (secondary N) is 4.